The molecule has 0 aliphatic heterocycles. The Morgan fingerprint density at radius 2 is 1.59 bits per heavy atom. The Labute approximate surface area is 105 Å². The molecule has 2 nitrogen and oxygen atoms in total. The highest BCUT2D eigenvalue weighted by Gasteiger charge is 2.15. The largest absolute Gasteiger partial charge is 0.357 e. The third-order valence-corrected chi connectivity index (χ3v) is 2.54. The average Bonchev–Trinajstić information content (AvgIpc) is 2.29. The first-order chi connectivity index (χ1) is 7.98. The summed E-state index contributed by atoms with van der Waals surface area (Å²) in [6.45, 7) is 12.7. The van der Waals surface area contributed by atoms with Crippen molar-refractivity contribution in [3.05, 3.63) is 35.9 Å². The van der Waals surface area contributed by atoms with Gasteiger partial charge in [-0.15, -0.1) is 0 Å². The van der Waals surface area contributed by atoms with Gasteiger partial charge in [0.2, 0.25) is 0 Å². The molecule has 0 amide bonds. The van der Waals surface area contributed by atoms with Crippen LogP contribution in [-0.4, -0.2) is 29.4 Å². The van der Waals surface area contributed by atoms with Gasteiger partial charge in [0, 0.05) is 18.7 Å². The number of rotatable bonds is 3. The van der Waals surface area contributed by atoms with Crippen molar-refractivity contribution in [1.82, 2.24) is 4.90 Å². The topological polar surface area (TPSA) is 15.6 Å². The van der Waals surface area contributed by atoms with E-state index in [0.29, 0.717) is 0 Å². The highest BCUT2D eigenvalue weighted by atomic mass is 15.2. The Bertz CT molecular complexity index is 356. The molecule has 17 heavy (non-hydrogen) atoms. The smallest absolute Gasteiger partial charge is 0.131 e. The fraction of sp³-hybridized carbons (Fsp3) is 0.533. The minimum Gasteiger partial charge on any atom is -0.357 e. The molecule has 0 aliphatic rings. The Morgan fingerprint density at radius 3 is 2.00 bits per heavy atom. The van der Waals surface area contributed by atoms with Crippen LogP contribution in [-0.2, 0) is 0 Å². The predicted octanol–water partition coefficient (Wildman–Crippen LogP) is 3.57. The maximum atomic E-state index is 4.86. The molecule has 0 fully saturated rings. The minimum absolute atomic E-state index is 0.0479. The van der Waals surface area contributed by atoms with Gasteiger partial charge < -0.3 is 4.90 Å². The summed E-state index contributed by atoms with van der Waals surface area (Å²) in [5.74, 6) is 1.10. The zero-order chi connectivity index (χ0) is 12.9. The van der Waals surface area contributed by atoms with Crippen LogP contribution < -0.4 is 0 Å². The van der Waals surface area contributed by atoms with Crippen molar-refractivity contribution in [1.29, 1.82) is 0 Å². The van der Waals surface area contributed by atoms with E-state index >= 15 is 0 Å². The van der Waals surface area contributed by atoms with Gasteiger partial charge in [0.05, 0.1) is 5.54 Å². The molecule has 0 N–H and O–H groups in total. The summed E-state index contributed by atoms with van der Waals surface area (Å²) in [4.78, 5) is 7.17. The van der Waals surface area contributed by atoms with Crippen molar-refractivity contribution < 1.29 is 0 Å². The van der Waals surface area contributed by atoms with Crippen LogP contribution in [0.2, 0.25) is 0 Å². The summed E-state index contributed by atoms with van der Waals surface area (Å²) in [7, 11) is 0. The van der Waals surface area contributed by atoms with Gasteiger partial charge in [0.25, 0.3) is 0 Å². The Morgan fingerprint density at radius 1 is 1.06 bits per heavy atom. The van der Waals surface area contributed by atoms with Gasteiger partial charge in [-0.05, 0) is 34.6 Å². The summed E-state index contributed by atoms with van der Waals surface area (Å²) >= 11 is 0. The van der Waals surface area contributed by atoms with Gasteiger partial charge in [-0.25, -0.2) is 0 Å². The van der Waals surface area contributed by atoms with Gasteiger partial charge in [-0.2, -0.15) is 0 Å². The van der Waals surface area contributed by atoms with E-state index in [1.54, 1.807) is 0 Å². The number of hydrogen-bond acceptors (Lipinski definition) is 1. The summed E-state index contributed by atoms with van der Waals surface area (Å²) in [5.41, 5.74) is 1.15. The summed E-state index contributed by atoms with van der Waals surface area (Å²) in [6.07, 6.45) is 0. The summed E-state index contributed by atoms with van der Waals surface area (Å²) in [6, 6.07) is 10.4. The third kappa shape index (κ3) is 4.22. The number of nitrogens with zero attached hydrogens (tertiary/aromatic N) is 2. The van der Waals surface area contributed by atoms with E-state index < -0.39 is 0 Å². The van der Waals surface area contributed by atoms with Crippen molar-refractivity contribution in [2.75, 3.05) is 13.1 Å². The van der Waals surface area contributed by atoms with Crippen LogP contribution >= 0.6 is 0 Å². The normalized spacial score (nSPS) is 12.6. The lowest BCUT2D eigenvalue weighted by Crippen LogP contribution is -2.33. The molecule has 0 aromatic heterocycles. The molecule has 2 heteroatoms. The van der Waals surface area contributed by atoms with Gasteiger partial charge >= 0.3 is 0 Å². The zero-order valence-electron chi connectivity index (χ0n) is 11.7. The molecule has 0 saturated heterocycles. The van der Waals surface area contributed by atoms with E-state index in [0.717, 1.165) is 18.9 Å². The van der Waals surface area contributed by atoms with Crippen LogP contribution in [0, 0.1) is 0 Å². The lowest BCUT2D eigenvalue weighted by Gasteiger charge is -2.26. The first-order valence-corrected chi connectivity index (χ1v) is 6.38. The van der Waals surface area contributed by atoms with Crippen molar-refractivity contribution >= 4 is 5.84 Å². The first-order valence-electron chi connectivity index (χ1n) is 6.38. The van der Waals surface area contributed by atoms with Crippen LogP contribution in [0.4, 0.5) is 0 Å². The van der Waals surface area contributed by atoms with E-state index in [4.69, 9.17) is 4.99 Å². The summed E-state index contributed by atoms with van der Waals surface area (Å²) < 4.78 is 0. The van der Waals surface area contributed by atoms with Gasteiger partial charge in [-0.3, -0.25) is 4.99 Å². The molecule has 0 aliphatic carbocycles. The van der Waals surface area contributed by atoms with Gasteiger partial charge in [0.1, 0.15) is 5.84 Å². The quantitative estimate of drug-likeness (QED) is 0.574. The highest BCUT2D eigenvalue weighted by Crippen LogP contribution is 2.13. The molecule has 0 atom stereocenters. The van der Waals surface area contributed by atoms with E-state index in [1.165, 1.54) is 5.56 Å². The van der Waals surface area contributed by atoms with Gasteiger partial charge in [0.15, 0.2) is 0 Å². The molecular weight excluding hydrogens is 208 g/mol. The Hall–Kier alpha value is -1.31. The van der Waals surface area contributed by atoms with Crippen molar-refractivity contribution in [2.24, 2.45) is 4.99 Å². The Kier molecular flexibility index (Phi) is 4.73. The molecule has 1 aromatic carbocycles. The fourth-order valence-electron chi connectivity index (χ4n) is 1.75. The zero-order valence-corrected chi connectivity index (χ0v) is 11.7. The van der Waals surface area contributed by atoms with Crippen LogP contribution in [0.5, 0.6) is 0 Å². The number of aliphatic imine (C=N–C) groups is 1. The molecule has 1 aromatic rings. The molecule has 0 heterocycles. The second-order valence-corrected chi connectivity index (χ2v) is 5.14. The van der Waals surface area contributed by atoms with E-state index in [1.807, 2.05) is 6.07 Å². The molecule has 0 unspecified atom stereocenters. The van der Waals surface area contributed by atoms with Crippen LogP contribution in [0.1, 0.15) is 40.2 Å². The van der Waals surface area contributed by atoms with Crippen molar-refractivity contribution in [3.8, 4) is 0 Å². The SMILES string of the molecule is CCN(CC)C(=NC(C)(C)C)c1ccccc1. The predicted molar refractivity (Wildman–Crippen MR) is 75.7 cm³/mol. The minimum atomic E-state index is -0.0479. The number of amidine groups is 1. The number of benzene rings is 1. The highest BCUT2D eigenvalue weighted by molar-refractivity contribution is 5.99. The average molecular weight is 232 g/mol. The first kappa shape index (κ1) is 13.8. The summed E-state index contributed by atoms with van der Waals surface area (Å²) in [5, 5.41) is 0. The standard InChI is InChI=1S/C15H24N2/c1-6-17(7-2)14(16-15(3,4)5)13-11-9-8-10-12-13/h8-12H,6-7H2,1-5H3. The molecule has 0 bridgehead atoms. The molecule has 94 valence electrons. The van der Waals surface area contributed by atoms with Crippen LogP contribution in [0.15, 0.2) is 35.3 Å². The van der Waals surface area contributed by atoms with Crippen LogP contribution in [0.25, 0.3) is 0 Å². The number of hydrogen-bond donors (Lipinski definition) is 0. The van der Waals surface area contributed by atoms with Crippen molar-refractivity contribution in [3.63, 3.8) is 0 Å². The third-order valence-electron chi connectivity index (χ3n) is 2.54. The lowest BCUT2D eigenvalue weighted by atomic mass is 10.1. The molecular formula is C15H24N2. The van der Waals surface area contributed by atoms with E-state index in [-0.39, 0.29) is 5.54 Å². The monoisotopic (exact) mass is 232 g/mol. The second-order valence-electron chi connectivity index (χ2n) is 5.14. The lowest BCUT2D eigenvalue weighted by molar-refractivity contribution is 0.452. The van der Waals surface area contributed by atoms with Crippen molar-refractivity contribution in [2.45, 2.75) is 40.2 Å². The van der Waals surface area contributed by atoms with Crippen LogP contribution in [0.3, 0.4) is 0 Å². The second kappa shape index (κ2) is 5.85. The molecule has 1 rings (SSSR count). The Balaban J connectivity index is 3.16. The molecule has 0 saturated carbocycles. The van der Waals surface area contributed by atoms with Gasteiger partial charge in [-0.1, -0.05) is 30.3 Å². The fourth-order valence-corrected chi connectivity index (χ4v) is 1.75. The molecule has 0 radical (unpaired) electrons. The van der Waals surface area contributed by atoms with E-state index in [2.05, 4.69) is 63.8 Å². The van der Waals surface area contributed by atoms with E-state index in [9.17, 15) is 0 Å². The molecule has 0 spiro atoms. The maximum Gasteiger partial charge on any atom is 0.131 e. The maximum absolute atomic E-state index is 4.86.